The molecule has 0 atom stereocenters. The van der Waals surface area contributed by atoms with Gasteiger partial charge in [-0.25, -0.2) is 18.1 Å². The van der Waals surface area contributed by atoms with Crippen molar-refractivity contribution in [3.05, 3.63) is 40.9 Å². The molecule has 1 heterocycles. The van der Waals surface area contributed by atoms with E-state index in [2.05, 4.69) is 19.9 Å². The van der Waals surface area contributed by atoms with Gasteiger partial charge in [-0.2, -0.15) is 5.10 Å². The maximum Gasteiger partial charge on any atom is 0.242 e. The van der Waals surface area contributed by atoms with Crippen LogP contribution in [0.15, 0.2) is 29.4 Å². The third-order valence-electron chi connectivity index (χ3n) is 2.40. The summed E-state index contributed by atoms with van der Waals surface area (Å²) in [5.74, 6) is 0.384. The third-order valence-corrected chi connectivity index (χ3v) is 4.52. The van der Waals surface area contributed by atoms with Gasteiger partial charge in [0.05, 0.1) is 11.6 Å². The topological polar surface area (TPSA) is 114 Å². The molecule has 0 aliphatic carbocycles. The van der Waals surface area contributed by atoms with Crippen LogP contribution in [-0.2, 0) is 16.6 Å². The summed E-state index contributed by atoms with van der Waals surface area (Å²) in [6.07, 6.45) is 1.28. The van der Waals surface area contributed by atoms with Crippen LogP contribution in [-0.4, -0.2) is 28.6 Å². The SMILES string of the molecule is NC(=S)c1ccc(Cl)c(S(=O)(=O)NCc2ncn[nH]2)c1. The average Bonchev–Trinajstić information content (AvgIpc) is 2.89. The molecule has 20 heavy (non-hydrogen) atoms. The lowest BCUT2D eigenvalue weighted by Gasteiger charge is -2.09. The van der Waals surface area contributed by atoms with E-state index in [4.69, 9.17) is 29.6 Å². The number of nitrogens with zero attached hydrogens (tertiary/aromatic N) is 2. The number of nitrogens with two attached hydrogens (primary N) is 1. The summed E-state index contributed by atoms with van der Waals surface area (Å²) in [6.45, 7) is -0.0318. The number of H-pyrrole nitrogens is 1. The number of hydrogen-bond donors (Lipinski definition) is 3. The van der Waals surface area contributed by atoms with Crippen LogP contribution in [0.1, 0.15) is 11.4 Å². The summed E-state index contributed by atoms with van der Waals surface area (Å²) in [4.78, 5) is 3.81. The minimum atomic E-state index is -3.81. The molecular weight excluding hydrogens is 322 g/mol. The molecule has 0 aliphatic rings. The van der Waals surface area contributed by atoms with Gasteiger partial charge in [0.15, 0.2) is 0 Å². The van der Waals surface area contributed by atoms with Crippen molar-refractivity contribution in [2.75, 3.05) is 0 Å². The number of rotatable bonds is 5. The molecule has 0 unspecified atom stereocenters. The molecule has 106 valence electrons. The number of hydrogen-bond acceptors (Lipinski definition) is 5. The zero-order valence-electron chi connectivity index (χ0n) is 10.00. The van der Waals surface area contributed by atoms with Crippen molar-refractivity contribution in [3.63, 3.8) is 0 Å². The van der Waals surface area contributed by atoms with Crippen LogP contribution in [0, 0.1) is 0 Å². The number of sulfonamides is 1. The van der Waals surface area contributed by atoms with Gasteiger partial charge in [-0.15, -0.1) is 0 Å². The maximum atomic E-state index is 12.2. The van der Waals surface area contributed by atoms with Crippen molar-refractivity contribution < 1.29 is 8.42 Å². The lowest BCUT2D eigenvalue weighted by atomic mass is 10.2. The van der Waals surface area contributed by atoms with Crippen molar-refractivity contribution in [2.24, 2.45) is 5.73 Å². The highest BCUT2D eigenvalue weighted by Gasteiger charge is 2.19. The Morgan fingerprint density at radius 3 is 2.85 bits per heavy atom. The predicted octanol–water partition coefficient (Wildman–Crippen LogP) is 0.571. The van der Waals surface area contributed by atoms with Crippen molar-refractivity contribution >= 4 is 38.8 Å². The van der Waals surface area contributed by atoms with Crippen LogP contribution >= 0.6 is 23.8 Å². The van der Waals surface area contributed by atoms with Crippen LogP contribution in [0.3, 0.4) is 0 Å². The quantitative estimate of drug-likeness (QED) is 0.690. The van der Waals surface area contributed by atoms with E-state index in [9.17, 15) is 8.42 Å². The fourth-order valence-corrected chi connectivity index (χ4v) is 3.06. The minimum Gasteiger partial charge on any atom is -0.389 e. The summed E-state index contributed by atoms with van der Waals surface area (Å²) in [6, 6.07) is 4.31. The molecule has 7 nitrogen and oxygen atoms in total. The number of thiocarbonyl (C=S) groups is 1. The number of aromatic nitrogens is 3. The molecule has 0 fully saturated rings. The molecule has 0 amide bonds. The molecule has 1 aromatic carbocycles. The fourth-order valence-electron chi connectivity index (χ4n) is 1.42. The van der Waals surface area contributed by atoms with E-state index in [0.29, 0.717) is 11.4 Å². The molecule has 0 saturated carbocycles. The third kappa shape index (κ3) is 3.31. The Morgan fingerprint density at radius 2 is 2.25 bits per heavy atom. The van der Waals surface area contributed by atoms with E-state index < -0.39 is 10.0 Å². The first-order valence-electron chi connectivity index (χ1n) is 5.33. The zero-order valence-corrected chi connectivity index (χ0v) is 12.4. The Hall–Kier alpha value is -1.55. The summed E-state index contributed by atoms with van der Waals surface area (Å²) in [5, 5.41) is 6.24. The van der Waals surface area contributed by atoms with Crippen molar-refractivity contribution in [2.45, 2.75) is 11.4 Å². The van der Waals surface area contributed by atoms with E-state index in [1.165, 1.54) is 18.5 Å². The van der Waals surface area contributed by atoms with Gasteiger partial charge in [0, 0.05) is 5.56 Å². The minimum absolute atomic E-state index is 0.0318. The van der Waals surface area contributed by atoms with Gasteiger partial charge in [-0.1, -0.05) is 29.9 Å². The van der Waals surface area contributed by atoms with Crippen LogP contribution in [0.25, 0.3) is 0 Å². The highest BCUT2D eigenvalue weighted by atomic mass is 35.5. The van der Waals surface area contributed by atoms with Gasteiger partial charge in [0.2, 0.25) is 10.0 Å². The molecular formula is C10H10ClN5O2S2. The first kappa shape index (κ1) is 14.9. The Balaban J connectivity index is 2.28. The van der Waals surface area contributed by atoms with E-state index in [-0.39, 0.29) is 21.5 Å². The molecule has 4 N–H and O–H groups in total. The monoisotopic (exact) mass is 331 g/mol. The lowest BCUT2D eigenvalue weighted by molar-refractivity contribution is 0.579. The lowest BCUT2D eigenvalue weighted by Crippen LogP contribution is -2.24. The number of halogens is 1. The zero-order chi connectivity index (χ0) is 14.8. The first-order valence-corrected chi connectivity index (χ1v) is 7.60. The van der Waals surface area contributed by atoms with Gasteiger partial charge in [-0.05, 0) is 12.1 Å². The molecule has 0 aliphatic heterocycles. The summed E-state index contributed by atoms with van der Waals surface area (Å²) >= 11 is 10.7. The summed E-state index contributed by atoms with van der Waals surface area (Å²) < 4.78 is 26.7. The van der Waals surface area contributed by atoms with E-state index in [0.717, 1.165) is 0 Å². The molecule has 0 spiro atoms. The molecule has 10 heteroatoms. The summed E-state index contributed by atoms with van der Waals surface area (Å²) in [7, 11) is -3.81. The van der Waals surface area contributed by atoms with E-state index in [1.807, 2.05) is 0 Å². The van der Waals surface area contributed by atoms with Crippen LogP contribution < -0.4 is 10.5 Å². The second-order valence-electron chi connectivity index (χ2n) is 3.77. The number of nitrogens with one attached hydrogen (secondary N) is 2. The Kier molecular flexibility index (Phi) is 4.33. The van der Waals surface area contributed by atoms with Gasteiger partial charge in [0.25, 0.3) is 0 Å². The molecule has 0 radical (unpaired) electrons. The Bertz CT molecular complexity index is 730. The van der Waals surface area contributed by atoms with Crippen LogP contribution in [0.4, 0.5) is 0 Å². The molecule has 0 bridgehead atoms. The molecule has 0 saturated heterocycles. The van der Waals surface area contributed by atoms with Crippen molar-refractivity contribution in [3.8, 4) is 0 Å². The van der Waals surface area contributed by atoms with E-state index >= 15 is 0 Å². The molecule has 2 rings (SSSR count). The van der Waals surface area contributed by atoms with Crippen LogP contribution in [0.5, 0.6) is 0 Å². The van der Waals surface area contributed by atoms with Crippen molar-refractivity contribution in [1.29, 1.82) is 0 Å². The Labute approximate surface area is 125 Å². The van der Waals surface area contributed by atoms with Gasteiger partial charge >= 0.3 is 0 Å². The first-order chi connectivity index (χ1) is 9.40. The maximum absolute atomic E-state index is 12.2. The standard InChI is InChI=1S/C10H10ClN5O2S2/c11-7-2-1-6(10(12)19)3-8(7)20(17,18)15-4-9-13-5-14-16-9/h1-3,5,15H,4H2,(H2,12,19)(H,13,14,16). The molecule has 2 aromatic rings. The van der Waals surface area contributed by atoms with E-state index in [1.54, 1.807) is 6.07 Å². The Morgan fingerprint density at radius 1 is 1.50 bits per heavy atom. The van der Waals surface area contributed by atoms with Gasteiger partial charge in [0.1, 0.15) is 22.0 Å². The van der Waals surface area contributed by atoms with Gasteiger partial charge in [-0.3, -0.25) is 5.10 Å². The van der Waals surface area contributed by atoms with Gasteiger partial charge < -0.3 is 5.73 Å². The smallest absolute Gasteiger partial charge is 0.242 e. The largest absolute Gasteiger partial charge is 0.389 e. The second kappa shape index (κ2) is 5.83. The predicted molar refractivity (Wildman–Crippen MR) is 77.7 cm³/mol. The molecule has 1 aromatic heterocycles. The fraction of sp³-hybridized carbons (Fsp3) is 0.100. The summed E-state index contributed by atoms with van der Waals surface area (Å²) in [5.41, 5.74) is 5.90. The average molecular weight is 332 g/mol. The number of aromatic amines is 1. The highest BCUT2D eigenvalue weighted by molar-refractivity contribution is 7.89. The van der Waals surface area contributed by atoms with Crippen molar-refractivity contribution in [1.82, 2.24) is 19.9 Å². The van der Waals surface area contributed by atoms with Crippen LogP contribution in [0.2, 0.25) is 5.02 Å². The second-order valence-corrected chi connectivity index (χ2v) is 6.35. The number of benzene rings is 1. The highest BCUT2D eigenvalue weighted by Crippen LogP contribution is 2.22. The normalized spacial score (nSPS) is 11.4.